The molecule has 0 spiro atoms. The van der Waals surface area contributed by atoms with Gasteiger partial charge in [0.15, 0.2) is 0 Å². The molecule has 0 aliphatic rings. The van der Waals surface area contributed by atoms with E-state index in [1.165, 1.54) is 5.56 Å². The molecule has 1 heterocycles. The molecule has 5 nitrogen and oxygen atoms in total. The standard InChI is InChI=1S/C16H22N4O/c1-12-15(10-19(4)11-16(21)17-3)13(2)20(18-12)14-8-6-5-7-9-14/h5-9H,10-11H2,1-4H3,(H,17,21). The maximum Gasteiger partial charge on any atom is 0.233 e. The second-order valence-corrected chi connectivity index (χ2v) is 5.24. The van der Waals surface area contributed by atoms with E-state index in [4.69, 9.17) is 0 Å². The van der Waals surface area contributed by atoms with Gasteiger partial charge in [-0.05, 0) is 33.0 Å². The van der Waals surface area contributed by atoms with E-state index in [1.54, 1.807) is 7.05 Å². The van der Waals surface area contributed by atoms with Crippen LogP contribution in [0.15, 0.2) is 30.3 Å². The van der Waals surface area contributed by atoms with E-state index < -0.39 is 0 Å². The highest BCUT2D eigenvalue weighted by molar-refractivity contribution is 5.77. The van der Waals surface area contributed by atoms with Crippen molar-refractivity contribution in [3.8, 4) is 5.69 Å². The van der Waals surface area contributed by atoms with Gasteiger partial charge in [0.1, 0.15) is 0 Å². The van der Waals surface area contributed by atoms with Crippen LogP contribution in [0.1, 0.15) is 17.0 Å². The van der Waals surface area contributed by atoms with Crippen molar-refractivity contribution in [3.05, 3.63) is 47.3 Å². The van der Waals surface area contributed by atoms with Gasteiger partial charge >= 0.3 is 0 Å². The van der Waals surface area contributed by atoms with Crippen molar-refractivity contribution in [2.24, 2.45) is 0 Å². The minimum Gasteiger partial charge on any atom is -0.358 e. The quantitative estimate of drug-likeness (QED) is 0.909. The summed E-state index contributed by atoms with van der Waals surface area (Å²) in [6, 6.07) is 10.1. The molecule has 112 valence electrons. The largest absolute Gasteiger partial charge is 0.358 e. The van der Waals surface area contributed by atoms with Crippen molar-refractivity contribution in [2.75, 3.05) is 20.6 Å². The first kappa shape index (κ1) is 15.3. The Kier molecular flexibility index (Phi) is 4.75. The van der Waals surface area contributed by atoms with Crippen LogP contribution in [0.4, 0.5) is 0 Å². The Hall–Kier alpha value is -2.14. The number of aryl methyl sites for hydroxylation is 1. The predicted molar refractivity (Wildman–Crippen MR) is 83.4 cm³/mol. The Bertz CT molecular complexity index is 619. The van der Waals surface area contributed by atoms with Crippen LogP contribution in [0.3, 0.4) is 0 Å². The summed E-state index contributed by atoms with van der Waals surface area (Å²) >= 11 is 0. The fourth-order valence-corrected chi connectivity index (χ4v) is 2.37. The Morgan fingerprint density at radius 1 is 1.29 bits per heavy atom. The molecule has 0 saturated heterocycles. The molecular formula is C16H22N4O. The number of nitrogens with one attached hydrogen (secondary N) is 1. The summed E-state index contributed by atoms with van der Waals surface area (Å²) in [5, 5.41) is 7.26. The highest BCUT2D eigenvalue weighted by Gasteiger charge is 2.15. The van der Waals surface area contributed by atoms with Gasteiger partial charge in [0, 0.05) is 24.8 Å². The van der Waals surface area contributed by atoms with Gasteiger partial charge in [0.2, 0.25) is 5.91 Å². The predicted octanol–water partition coefficient (Wildman–Crippen LogP) is 1.67. The summed E-state index contributed by atoms with van der Waals surface area (Å²) in [6.45, 7) is 5.16. The lowest BCUT2D eigenvalue weighted by molar-refractivity contribution is -0.121. The van der Waals surface area contributed by atoms with Crippen molar-refractivity contribution in [1.29, 1.82) is 0 Å². The van der Waals surface area contributed by atoms with Crippen molar-refractivity contribution in [1.82, 2.24) is 20.0 Å². The molecule has 2 aromatic rings. The van der Waals surface area contributed by atoms with Crippen LogP contribution >= 0.6 is 0 Å². The van der Waals surface area contributed by atoms with E-state index >= 15 is 0 Å². The number of para-hydroxylation sites is 1. The van der Waals surface area contributed by atoms with E-state index in [1.807, 2.05) is 53.9 Å². The smallest absolute Gasteiger partial charge is 0.233 e. The summed E-state index contributed by atoms with van der Waals surface area (Å²) in [5.74, 6) is 0.0169. The molecule has 0 aliphatic heterocycles. The van der Waals surface area contributed by atoms with E-state index in [9.17, 15) is 4.79 Å². The summed E-state index contributed by atoms with van der Waals surface area (Å²) in [4.78, 5) is 13.4. The fourth-order valence-electron chi connectivity index (χ4n) is 2.37. The number of carbonyl (C=O) groups excluding carboxylic acids is 1. The number of carbonyl (C=O) groups is 1. The molecule has 0 radical (unpaired) electrons. The second-order valence-electron chi connectivity index (χ2n) is 5.24. The van der Waals surface area contributed by atoms with Crippen LogP contribution in [0, 0.1) is 13.8 Å². The highest BCUT2D eigenvalue weighted by Crippen LogP contribution is 2.18. The number of hydrogen-bond acceptors (Lipinski definition) is 3. The molecule has 2 rings (SSSR count). The SMILES string of the molecule is CNC(=O)CN(C)Cc1c(C)nn(-c2ccccc2)c1C. The first-order chi connectivity index (χ1) is 10.0. The van der Waals surface area contributed by atoms with E-state index in [2.05, 4.69) is 17.3 Å². The molecule has 21 heavy (non-hydrogen) atoms. The molecule has 1 amide bonds. The van der Waals surface area contributed by atoms with E-state index in [0.717, 1.165) is 17.1 Å². The minimum absolute atomic E-state index is 0.0169. The number of hydrogen-bond donors (Lipinski definition) is 1. The van der Waals surface area contributed by atoms with Crippen LogP contribution < -0.4 is 5.32 Å². The molecule has 1 N–H and O–H groups in total. The zero-order valence-corrected chi connectivity index (χ0v) is 13.1. The lowest BCUT2D eigenvalue weighted by Gasteiger charge is -2.15. The third kappa shape index (κ3) is 3.49. The molecular weight excluding hydrogens is 264 g/mol. The molecule has 0 aliphatic carbocycles. The molecule has 0 atom stereocenters. The van der Waals surface area contributed by atoms with E-state index in [0.29, 0.717) is 13.1 Å². The number of aromatic nitrogens is 2. The molecule has 0 bridgehead atoms. The van der Waals surface area contributed by atoms with Crippen LogP contribution in [0.25, 0.3) is 5.69 Å². The average Bonchev–Trinajstić information content (AvgIpc) is 2.76. The molecule has 1 aromatic carbocycles. The normalized spacial score (nSPS) is 10.9. The van der Waals surface area contributed by atoms with Gasteiger partial charge < -0.3 is 5.32 Å². The van der Waals surface area contributed by atoms with Crippen molar-refractivity contribution in [3.63, 3.8) is 0 Å². The molecule has 0 saturated carbocycles. The van der Waals surface area contributed by atoms with Crippen LogP contribution in [0.2, 0.25) is 0 Å². The Balaban J connectivity index is 2.22. The fraction of sp³-hybridized carbons (Fsp3) is 0.375. The average molecular weight is 286 g/mol. The van der Waals surface area contributed by atoms with Gasteiger partial charge in [0.05, 0.1) is 17.9 Å². The van der Waals surface area contributed by atoms with Crippen molar-refractivity contribution < 1.29 is 4.79 Å². The lowest BCUT2D eigenvalue weighted by Crippen LogP contribution is -2.32. The molecule has 5 heteroatoms. The topological polar surface area (TPSA) is 50.2 Å². The second kappa shape index (κ2) is 6.54. The van der Waals surface area contributed by atoms with Crippen LogP contribution in [-0.4, -0.2) is 41.2 Å². The zero-order chi connectivity index (χ0) is 15.4. The third-order valence-corrected chi connectivity index (χ3v) is 3.56. The first-order valence-corrected chi connectivity index (χ1v) is 7.02. The molecule has 1 aromatic heterocycles. The van der Waals surface area contributed by atoms with E-state index in [-0.39, 0.29) is 5.91 Å². The number of amides is 1. The Morgan fingerprint density at radius 2 is 1.95 bits per heavy atom. The van der Waals surface area contributed by atoms with Crippen LogP contribution in [0.5, 0.6) is 0 Å². The van der Waals surface area contributed by atoms with Gasteiger partial charge in [-0.1, -0.05) is 18.2 Å². The van der Waals surface area contributed by atoms with Gasteiger partial charge in [0.25, 0.3) is 0 Å². The minimum atomic E-state index is 0.0169. The highest BCUT2D eigenvalue weighted by atomic mass is 16.1. The number of rotatable bonds is 5. The lowest BCUT2D eigenvalue weighted by atomic mass is 10.2. The number of nitrogens with zero attached hydrogens (tertiary/aromatic N) is 3. The monoisotopic (exact) mass is 286 g/mol. The van der Waals surface area contributed by atoms with Gasteiger partial charge in [-0.3, -0.25) is 9.69 Å². The summed E-state index contributed by atoms with van der Waals surface area (Å²) in [6.07, 6.45) is 0. The summed E-state index contributed by atoms with van der Waals surface area (Å²) < 4.78 is 1.96. The number of benzene rings is 1. The number of likely N-dealkylation sites (N-methyl/N-ethyl adjacent to an activating group) is 2. The zero-order valence-electron chi connectivity index (χ0n) is 13.1. The van der Waals surface area contributed by atoms with Gasteiger partial charge in [-0.15, -0.1) is 0 Å². The molecule has 0 fully saturated rings. The summed E-state index contributed by atoms with van der Waals surface area (Å²) in [7, 11) is 3.59. The van der Waals surface area contributed by atoms with Crippen molar-refractivity contribution >= 4 is 5.91 Å². The van der Waals surface area contributed by atoms with Gasteiger partial charge in [-0.25, -0.2) is 4.68 Å². The summed E-state index contributed by atoms with van der Waals surface area (Å²) in [5.41, 5.74) is 4.34. The molecule has 0 unspecified atom stereocenters. The third-order valence-electron chi connectivity index (χ3n) is 3.56. The van der Waals surface area contributed by atoms with Crippen molar-refractivity contribution in [2.45, 2.75) is 20.4 Å². The Morgan fingerprint density at radius 3 is 2.57 bits per heavy atom. The Labute approximate surface area is 125 Å². The van der Waals surface area contributed by atoms with Gasteiger partial charge in [-0.2, -0.15) is 5.10 Å². The van der Waals surface area contributed by atoms with Crippen LogP contribution in [-0.2, 0) is 11.3 Å². The maximum atomic E-state index is 11.4. The maximum absolute atomic E-state index is 11.4. The first-order valence-electron chi connectivity index (χ1n) is 7.02.